The standard InChI is InChI=1S/C17H28N2O2/c1-16(2,3)15(21)19-10-6-17(7-11-19)12-13(17)14(20)18-8-4-5-9-18/h13H,4-12H2,1-3H3. The number of hydrogen-bond donors (Lipinski definition) is 0. The van der Waals surface area contributed by atoms with Crippen LogP contribution in [0, 0.1) is 16.7 Å². The van der Waals surface area contributed by atoms with E-state index in [-0.39, 0.29) is 22.7 Å². The van der Waals surface area contributed by atoms with Crippen LogP contribution in [0.15, 0.2) is 0 Å². The van der Waals surface area contributed by atoms with E-state index in [9.17, 15) is 9.59 Å². The van der Waals surface area contributed by atoms with E-state index in [2.05, 4.69) is 4.90 Å². The van der Waals surface area contributed by atoms with Crippen molar-refractivity contribution in [1.82, 2.24) is 9.80 Å². The molecule has 2 aliphatic heterocycles. The van der Waals surface area contributed by atoms with Crippen LogP contribution in [-0.2, 0) is 9.59 Å². The van der Waals surface area contributed by atoms with Gasteiger partial charge in [-0.25, -0.2) is 0 Å². The normalized spacial score (nSPS) is 28.0. The van der Waals surface area contributed by atoms with E-state index in [0.29, 0.717) is 5.91 Å². The van der Waals surface area contributed by atoms with Crippen LogP contribution in [0.5, 0.6) is 0 Å². The van der Waals surface area contributed by atoms with E-state index < -0.39 is 0 Å². The summed E-state index contributed by atoms with van der Waals surface area (Å²) in [6, 6.07) is 0. The van der Waals surface area contributed by atoms with Crippen molar-refractivity contribution in [3.05, 3.63) is 0 Å². The highest BCUT2D eigenvalue weighted by molar-refractivity contribution is 5.84. The first-order valence-corrected chi connectivity index (χ1v) is 8.42. The topological polar surface area (TPSA) is 40.6 Å². The number of rotatable bonds is 1. The van der Waals surface area contributed by atoms with Crippen molar-refractivity contribution in [2.75, 3.05) is 26.2 Å². The molecule has 0 aromatic heterocycles. The van der Waals surface area contributed by atoms with Crippen molar-refractivity contribution >= 4 is 11.8 Å². The Bertz CT molecular complexity index is 438. The lowest BCUT2D eigenvalue weighted by atomic mass is 9.88. The molecule has 4 nitrogen and oxygen atoms in total. The number of carbonyl (C=O) groups excluding carboxylic acids is 2. The predicted octanol–water partition coefficient (Wildman–Crippen LogP) is 2.28. The van der Waals surface area contributed by atoms with Gasteiger partial charge in [0.1, 0.15) is 0 Å². The Morgan fingerprint density at radius 1 is 0.952 bits per heavy atom. The second-order valence-electron chi connectivity index (χ2n) is 8.19. The van der Waals surface area contributed by atoms with E-state index in [1.807, 2.05) is 25.7 Å². The van der Waals surface area contributed by atoms with Gasteiger partial charge in [-0.2, -0.15) is 0 Å². The SMILES string of the molecule is CC(C)(C)C(=O)N1CCC2(CC1)CC2C(=O)N1CCCC1. The Kier molecular flexibility index (Phi) is 3.53. The fraction of sp³-hybridized carbons (Fsp3) is 0.882. The number of hydrogen-bond acceptors (Lipinski definition) is 2. The molecule has 0 radical (unpaired) electrons. The zero-order valence-corrected chi connectivity index (χ0v) is 13.7. The number of amides is 2. The molecule has 2 saturated heterocycles. The van der Waals surface area contributed by atoms with Gasteiger partial charge in [-0.05, 0) is 37.5 Å². The highest BCUT2D eigenvalue weighted by Crippen LogP contribution is 2.60. The highest BCUT2D eigenvalue weighted by Gasteiger charge is 2.59. The van der Waals surface area contributed by atoms with E-state index in [1.54, 1.807) is 0 Å². The summed E-state index contributed by atoms with van der Waals surface area (Å²) < 4.78 is 0. The van der Waals surface area contributed by atoms with E-state index >= 15 is 0 Å². The molecule has 0 aromatic carbocycles. The Morgan fingerprint density at radius 3 is 2.05 bits per heavy atom. The lowest BCUT2D eigenvalue weighted by Gasteiger charge is -2.36. The second-order valence-corrected chi connectivity index (χ2v) is 8.19. The summed E-state index contributed by atoms with van der Waals surface area (Å²) in [7, 11) is 0. The molecule has 0 bridgehead atoms. The van der Waals surface area contributed by atoms with Crippen LogP contribution in [-0.4, -0.2) is 47.8 Å². The average Bonchev–Trinajstić information content (AvgIpc) is 2.89. The first-order chi connectivity index (χ1) is 9.83. The third kappa shape index (κ3) is 2.69. The maximum absolute atomic E-state index is 12.5. The lowest BCUT2D eigenvalue weighted by Crippen LogP contribution is -2.45. The molecule has 3 fully saturated rings. The molecule has 0 aromatic rings. The molecule has 4 heteroatoms. The largest absolute Gasteiger partial charge is 0.342 e. The molecule has 1 spiro atoms. The monoisotopic (exact) mass is 292 g/mol. The van der Waals surface area contributed by atoms with Crippen molar-refractivity contribution < 1.29 is 9.59 Å². The van der Waals surface area contributed by atoms with Crippen molar-refractivity contribution in [1.29, 1.82) is 0 Å². The third-order valence-corrected chi connectivity index (χ3v) is 5.59. The summed E-state index contributed by atoms with van der Waals surface area (Å²) in [5.41, 5.74) is -0.0623. The number of likely N-dealkylation sites (tertiary alicyclic amines) is 2. The van der Waals surface area contributed by atoms with Crippen LogP contribution in [0.25, 0.3) is 0 Å². The van der Waals surface area contributed by atoms with Gasteiger partial charge in [0.15, 0.2) is 0 Å². The fourth-order valence-corrected chi connectivity index (χ4v) is 4.04. The number of carbonyl (C=O) groups is 2. The van der Waals surface area contributed by atoms with Gasteiger partial charge >= 0.3 is 0 Å². The Labute approximate surface area is 127 Å². The van der Waals surface area contributed by atoms with Crippen LogP contribution in [0.2, 0.25) is 0 Å². The maximum atomic E-state index is 12.5. The van der Waals surface area contributed by atoms with Gasteiger partial charge in [-0.3, -0.25) is 9.59 Å². The van der Waals surface area contributed by atoms with Crippen LogP contribution in [0.1, 0.15) is 52.9 Å². The summed E-state index contributed by atoms with van der Waals surface area (Å²) in [4.78, 5) is 28.9. The average molecular weight is 292 g/mol. The zero-order valence-electron chi connectivity index (χ0n) is 13.7. The quantitative estimate of drug-likeness (QED) is 0.744. The van der Waals surface area contributed by atoms with Crippen LogP contribution in [0.4, 0.5) is 0 Å². The van der Waals surface area contributed by atoms with E-state index in [0.717, 1.165) is 45.4 Å². The molecular formula is C17H28N2O2. The molecule has 118 valence electrons. The van der Waals surface area contributed by atoms with Crippen molar-refractivity contribution in [3.63, 3.8) is 0 Å². The van der Waals surface area contributed by atoms with E-state index in [1.165, 1.54) is 12.8 Å². The molecule has 1 saturated carbocycles. The predicted molar refractivity (Wildman–Crippen MR) is 81.6 cm³/mol. The van der Waals surface area contributed by atoms with Crippen LogP contribution >= 0.6 is 0 Å². The molecular weight excluding hydrogens is 264 g/mol. The number of piperidine rings is 1. The Hall–Kier alpha value is -1.06. The molecule has 2 heterocycles. The summed E-state index contributed by atoms with van der Waals surface area (Å²) >= 11 is 0. The minimum atomic E-state index is -0.293. The zero-order chi connectivity index (χ0) is 15.3. The molecule has 2 amide bonds. The van der Waals surface area contributed by atoms with Gasteiger partial charge in [0.05, 0.1) is 0 Å². The molecule has 1 aliphatic carbocycles. The van der Waals surface area contributed by atoms with Crippen molar-refractivity contribution in [3.8, 4) is 0 Å². The Morgan fingerprint density at radius 2 is 1.52 bits per heavy atom. The van der Waals surface area contributed by atoms with Gasteiger partial charge in [0.25, 0.3) is 0 Å². The van der Waals surface area contributed by atoms with Gasteiger partial charge in [-0.1, -0.05) is 20.8 Å². The fourth-order valence-electron chi connectivity index (χ4n) is 4.04. The van der Waals surface area contributed by atoms with Gasteiger partial charge in [-0.15, -0.1) is 0 Å². The number of nitrogens with zero attached hydrogens (tertiary/aromatic N) is 2. The first-order valence-electron chi connectivity index (χ1n) is 8.42. The molecule has 1 unspecified atom stereocenters. The Balaban J connectivity index is 1.55. The van der Waals surface area contributed by atoms with E-state index in [4.69, 9.17) is 0 Å². The van der Waals surface area contributed by atoms with Crippen molar-refractivity contribution in [2.24, 2.45) is 16.7 Å². The third-order valence-electron chi connectivity index (χ3n) is 5.59. The molecule has 1 atom stereocenters. The second kappa shape index (κ2) is 4.99. The summed E-state index contributed by atoms with van der Waals surface area (Å²) in [6.07, 6.45) is 5.41. The minimum absolute atomic E-state index is 0.230. The smallest absolute Gasteiger partial charge is 0.227 e. The summed E-state index contributed by atoms with van der Waals surface area (Å²) in [5.74, 6) is 0.894. The van der Waals surface area contributed by atoms with Crippen LogP contribution < -0.4 is 0 Å². The highest BCUT2D eigenvalue weighted by atomic mass is 16.2. The maximum Gasteiger partial charge on any atom is 0.227 e. The van der Waals surface area contributed by atoms with Gasteiger partial charge in [0.2, 0.25) is 11.8 Å². The van der Waals surface area contributed by atoms with Crippen LogP contribution in [0.3, 0.4) is 0 Å². The van der Waals surface area contributed by atoms with Gasteiger partial charge in [0, 0.05) is 37.5 Å². The minimum Gasteiger partial charge on any atom is -0.342 e. The summed E-state index contributed by atoms with van der Waals surface area (Å²) in [6.45, 7) is 9.53. The molecule has 3 rings (SSSR count). The first kappa shape index (κ1) is 14.9. The lowest BCUT2D eigenvalue weighted by molar-refractivity contribution is -0.141. The molecule has 21 heavy (non-hydrogen) atoms. The molecule has 0 N–H and O–H groups in total. The summed E-state index contributed by atoms with van der Waals surface area (Å²) in [5, 5.41) is 0. The van der Waals surface area contributed by atoms with Gasteiger partial charge < -0.3 is 9.80 Å². The molecule has 3 aliphatic rings. The van der Waals surface area contributed by atoms with Crippen molar-refractivity contribution in [2.45, 2.75) is 52.9 Å².